The second kappa shape index (κ2) is 3.55. The number of aryl methyl sites for hydroxylation is 1. The second-order valence-electron chi connectivity index (χ2n) is 5.07. The predicted octanol–water partition coefficient (Wildman–Crippen LogP) is 0.924. The molecule has 0 radical (unpaired) electrons. The molecule has 1 saturated carbocycles. The largest absolute Gasteiger partial charge is 0.393 e. The molecule has 3 N–H and O–H groups in total. The van der Waals surface area contributed by atoms with E-state index in [0.29, 0.717) is 6.54 Å². The van der Waals surface area contributed by atoms with Crippen LogP contribution in [0, 0.1) is 0 Å². The molecule has 0 aromatic carbocycles. The zero-order valence-electron chi connectivity index (χ0n) is 9.93. The van der Waals surface area contributed by atoms with Crippen LogP contribution in [0.4, 0.5) is 0 Å². The van der Waals surface area contributed by atoms with E-state index in [1.807, 2.05) is 17.7 Å². The lowest BCUT2D eigenvalue weighted by molar-refractivity contribution is 0.0228. The summed E-state index contributed by atoms with van der Waals surface area (Å²) >= 11 is 0. The van der Waals surface area contributed by atoms with Gasteiger partial charge in [-0.25, -0.2) is 4.98 Å². The first-order valence-corrected chi connectivity index (χ1v) is 5.95. The molecule has 0 bridgehead atoms. The topological polar surface area (TPSA) is 64.1 Å². The highest BCUT2D eigenvalue weighted by atomic mass is 16.3. The SMILES string of the molecule is Cn1cc(C2(CN)CC(O)C2)c2cccnc21. The van der Waals surface area contributed by atoms with Crippen LogP contribution in [0.2, 0.25) is 0 Å². The highest BCUT2D eigenvalue weighted by Crippen LogP contribution is 2.45. The van der Waals surface area contributed by atoms with Crippen molar-refractivity contribution in [2.24, 2.45) is 12.8 Å². The number of pyridine rings is 1. The molecule has 1 aliphatic rings. The van der Waals surface area contributed by atoms with Crippen LogP contribution in [0.3, 0.4) is 0 Å². The summed E-state index contributed by atoms with van der Waals surface area (Å²) in [4.78, 5) is 4.39. The van der Waals surface area contributed by atoms with Crippen molar-refractivity contribution in [2.45, 2.75) is 24.4 Å². The maximum atomic E-state index is 9.58. The molecular formula is C13H17N3O. The third-order valence-electron chi connectivity index (χ3n) is 3.95. The number of rotatable bonds is 2. The van der Waals surface area contributed by atoms with Crippen LogP contribution >= 0.6 is 0 Å². The van der Waals surface area contributed by atoms with Crippen LogP contribution in [0.1, 0.15) is 18.4 Å². The third kappa shape index (κ3) is 1.41. The summed E-state index contributed by atoms with van der Waals surface area (Å²) in [5.41, 5.74) is 8.08. The van der Waals surface area contributed by atoms with Gasteiger partial charge in [-0.3, -0.25) is 0 Å². The number of aliphatic hydroxyl groups is 1. The maximum absolute atomic E-state index is 9.58. The van der Waals surface area contributed by atoms with Crippen molar-refractivity contribution in [3.63, 3.8) is 0 Å². The zero-order valence-corrected chi connectivity index (χ0v) is 9.93. The molecule has 2 aromatic heterocycles. The van der Waals surface area contributed by atoms with E-state index in [2.05, 4.69) is 17.2 Å². The summed E-state index contributed by atoms with van der Waals surface area (Å²) in [6.07, 6.45) is 5.23. The second-order valence-corrected chi connectivity index (χ2v) is 5.07. The Hall–Kier alpha value is -1.39. The first kappa shape index (κ1) is 10.7. The number of nitrogens with zero attached hydrogens (tertiary/aromatic N) is 2. The van der Waals surface area contributed by atoms with Gasteiger partial charge in [0.1, 0.15) is 5.65 Å². The molecule has 4 nitrogen and oxygen atoms in total. The molecule has 1 fully saturated rings. The quantitative estimate of drug-likeness (QED) is 0.808. The Morgan fingerprint density at radius 1 is 1.59 bits per heavy atom. The Labute approximate surface area is 100 Å². The number of aromatic nitrogens is 2. The first-order chi connectivity index (χ1) is 8.16. The van der Waals surface area contributed by atoms with Crippen molar-refractivity contribution >= 4 is 11.0 Å². The van der Waals surface area contributed by atoms with Crippen molar-refractivity contribution in [2.75, 3.05) is 6.54 Å². The summed E-state index contributed by atoms with van der Waals surface area (Å²) < 4.78 is 2.03. The molecule has 0 spiro atoms. The van der Waals surface area contributed by atoms with Crippen LogP contribution < -0.4 is 5.73 Å². The summed E-state index contributed by atoms with van der Waals surface area (Å²) in [5.74, 6) is 0. The molecule has 2 aromatic rings. The highest BCUT2D eigenvalue weighted by Gasteiger charge is 2.45. The molecule has 2 heterocycles. The first-order valence-electron chi connectivity index (χ1n) is 5.95. The van der Waals surface area contributed by atoms with E-state index in [1.165, 1.54) is 5.56 Å². The van der Waals surface area contributed by atoms with Crippen molar-refractivity contribution in [3.05, 3.63) is 30.1 Å². The summed E-state index contributed by atoms with van der Waals surface area (Å²) in [7, 11) is 2.00. The summed E-state index contributed by atoms with van der Waals surface area (Å²) in [6.45, 7) is 0.581. The van der Waals surface area contributed by atoms with Crippen molar-refractivity contribution in [1.82, 2.24) is 9.55 Å². The van der Waals surface area contributed by atoms with Gasteiger partial charge in [-0.2, -0.15) is 0 Å². The molecule has 3 rings (SSSR count). The van der Waals surface area contributed by atoms with Gasteiger partial charge in [0.15, 0.2) is 0 Å². The van der Waals surface area contributed by atoms with Crippen LogP contribution in [0.15, 0.2) is 24.5 Å². The monoisotopic (exact) mass is 231 g/mol. The van der Waals surface area contributed by atoms with Gasteiger partial charge in [-0.15, -0.1) is 0 Å². The van der Waals surface area contributed by atoms with Crippen molar-refractivity contribution < 1.29 is 5.11 Å². The fraction of sp³-hybridized carbons (Fsp3) is 0.462. The van der Waals surface area contributed by atoms with Crippen LogP contribution in [-0.4, -0.2) is 27.3 Å². The third-order valence-corrected chi connectivity index (χ3v) is 3.95. The zero-order chi connectivity index (χ0) is 12.0. The van der Waals surface area contributed by atoms with Gasteiger partial charge in [-0.1, -0.05) is 0 Å². The van der Waals surface area contributed by atoms with Crippen LogP contribution in [-0.2, 0) is 12.5 Å². The molecule has 17 heavy (non-hydrogen) atoms. The molecule has 0 saturated heterocycles. The normalized spacial score (nSPS) is 28.3. The lowest BCUT2D eigenvalue weighted by Gasteiger charge is -2.44. The maximum Gasteiger partial charge on any atom is 0.139 e. The van der Waals surface area contributed by atoms with Crippen molar-refractivity contribution in [1.29, 1.82) is 0 Å². The van der Waals surface area contributed by atoms with Gasteiger partial charge in [0.05, 0.1) is 6.10 Å². The minimum Gasteiger partial charge on any atom is -0.393 e. The molecule has 4 heteroatoms. The predicted molar refractivity (Wildman–Crippen MR) is 66.7 cm³/mol. The van der Waals surface area contributed by atoms with Gasteiger partial charge in [0.2, 0.25) is 0 Å². The fourth-order valence-electron chi connectivity index (χ4n) is 2.97. The molecule has 1 aliphatic carbocycles. The number of hydrogen-bond acceptors (Lipinski definition) is 3. The molecule has 0 atom stereocenters. The van der Waals surface area contributed by atoms with E-state index < -0.39 is 0 Å². The van der Waals surface area contributed by atoms with E-state index in [9.17, 15) is 5.11 Å². The van der Waals surface area contributed by atoms with E-state index in [4.69, 9.17) is 5.73 Å². The lowest BCUT2D eigenvalue weighted by atomic mass is 9.63. The molecular weight excluding hydrogens is 214 g/mol. The van der Waals surface area contributed by atoms with Crippen LogP contribution in [0.25, 0.3) is 11.0 Å². The number of fused-ring (bicyclic) bond motifs is 1. The fourth-order valence-corrected chi connectivity index (χ4v) is 2.97. The molecule has 0 amide bonds. The Morgan fingerprint density at radius 2 is 2.35 bits per heavy atom. The minimum atomic E-state index is -0.203. The Bertz CT molecular complexity index is 555. The lowest BCUT2D eigenvalue weighted by Crippen LogP contribution is -2.49. The number of nitrogens with two attached hydrogens (primary N) is 1. The number of aliphatic hydroxyl groups excluding tert-OH is 1. The Kier molecular flexibility index (Phi) is 2.24. The smallest absolute Gasteiger partial charge is 0.139 e. The van der Waals surface area contributed by atoms with Gasteiger partial charge >= 0.3 is 0 Å². The molecule has 0 aliphatic heterocycles. The Morgan fingerprint density at radius 3 is 3.00 bits per heavy atom. The average Bonchev–Trinajstić information content (AvgIpc) is 2.64. The average molecular weight is 231 g/mol. The van der Waals surface area contributed by atoms with Gasteiger partial charge < -0.3 is 15.4 Å². The summed E-state index contributed by atoms with van der Waals surface area (Å²) in [6, 6.07) is 4.03. The van der Waals surface area contributed by atoms with Gasteiger partial charge in [-0.05, 0) is 30.5 Å². The number of hydrogen-bond donors (Lipinski definition) is 2. The van der Waals surface area contributed by atoms with E-state index in [0.717, 1.165) is 23.9 Å². The molecule has 0 unspecified atom stereocenters. The van der Waals surface area contributed by atoms with E-state index >= 15 is 0 Å². The standard InChI is InChI=1S/C13H17N3O/c1-16-7-11(10-3-2-4-15-12(10)16)13(8-14)5-9(17)6-13/h2-4,7,9,17H,5-6,8,14H2,1H3. The van der Waals surface area contributed by atoms with Gasteiger partial charge in [0.25, 0.3) is 0 Å². The summed E-state index contributed by atoms with van der Waals surface area (Å²) in [5, 5.41) is 10.7. The van der Waals surface area contributed by atoms with Crippen LogP contribution in [0.5, 0.6) is 0 Å². The van der Waals surface area contributed by atoms with Gasteiger partial charge in [0, 0.05) is 36.8 Å². The van der Waals surface area contributed by atoms with E-state index in [1.54, 1.807) is 6.20 Å². The molecule has 90 valence electrons. The van der Waals surface area contributed by atoms with Crippen molar-refractivity contribution in [3.8, 4) is 0 Å². The highest BCUT2D eigenvalue weighted by molar-refractivity contribution is 5.82. The van der Waals surface area contributed by atoms with E-state index in [-0.39, 0.29) is 11.5 Å². The Balaban J connectivity index is 2.17. The minimum absolute atomic E-state index is 0.0536.